The molecule has 3 aliphatic heterocycles. The molecule has 8 fully saturated rings. The van der Waals surface area contributed by atoms with Crippen LogP contribution in [0.4, 0.5) is 0 Å². The second-order valence-electron chi connectivity index (χ2n) is 18.4. The molecule has 0 aromatic heterocycles. The Hall–Kier alpha value is -0.360. The molecule has 0 aromatic rings. The Bertz CT molecular complexity index is 1200. The van der Waals surface area contributed by atoms with Crippen molar-refractivity contribution >= 4 is 0 Å². The Kier molecular flexibility index (Phi) is 6.33. The smallest absolute Gasteiger partial charge is 0.186 e. The first kappa shape index (κ1) is 30.9. The first-order valence-corrected chi connectivity index (χ1v) is 17.4. The van der Waals surface area contributed by atoms with Gasteiger partial charge in [0.15, 0.2) is 12.1 Å². The summed E-state index contributed by atoms with van der Waals surface area (Å²) in [6.45, 7) is 15.4. The van der Waals surface area contributed by atoms with Crippen LogP contribution in [0.15, 0.2) is 0 Å². The third kappa shape index (κ3) is 3.53. The SMILES string of the molecule is C[C@@H]1C[C@H]2O[C@]3(C[C@@]4(C)C5C(O)CC6C(C)(C)C(OC7OCC(O)C(O)C7O)CCC67CC57CCC4(C)C13)OC2C(C)(C)O. The van der Waals surface area contributed by atoms with Crippen LogP contribution in [0, 0.1) is 50.7 Å². The number of ether oxygens (including phenoxy) is 4. The Morgan fingerprint density at radius 2 is 1.52 bits per heavy atom. The van der Waals surface area contributed by atoms with Crippen LogP contribution in [0.3, 0.4) is 0 Å². The molecule has 5 N–H and O–H groups in total. The van der Waals surface area contributed by atoms with Crippen molar-refractivity contribution in [2.75, 3.05) is 6.61 Å². The average Bonchev–Trinajstić information content (AvgIpc) is 3.38. The van der Waals surface area contributed by atoms with Crippen molar-refractivity contribution in [2.24, 2.45) is 50.7 Å². The molecule has 44 heavy (non-hydrogen) atoms. The van der Waals surface area contributed by atoms with Gasteiger partial charge in [-0.15, -0.1) is 0 Å². The maximum Gasteiger partial charge on any atom is 0.186 e. The lowest BCUT2D eigenvalue weighted by Gasteiger charge is -2.64. The predicted molar refractivity (Wildman–Crippen MR) is 159 cm³/mol. The minimum atomic E-state index is -1.31. The van der Waals surface area contributed by atoms with E-state index in [1.807, 2.05) is 13.8 Å². The largest absolute Gasteiger partial charge is 0.393 e. The van der Waals surface area contributed by atoms with E-state index in [1.54, 1.807) is 0 Å². The van der Waals surface area contributed by atoms with E-state index >= 15 is 0 Å². The van der Waals surface area contributed by atoms with Gasteiger partial charge in [-0.25, -0.2) is 0 Å². The summed E-state index contributed by atoms with van der Waals surface area (Å²) in [5, 5.41) is 54.2. The fourth-order valence-corrected chi connectivity index (χ4v) is 14.0. The maximum atomic E-state index is 12.4. The lowest BCUT2D eigenvalue weighted by Crippen LogP contribution is -2.63. The molecule has 3 saturated heterocycles. The van der Waals surface area contributed by atoms with Gasteiger partial charge in [0.25, 0.3) is 0 Å². The van der Waals surface area contributed by atoms with Crippen LogP contribution in [0.1, 0.15) is 99.8 Å². The van der Waals surface area contributed by atoms with Crippen LogP contribution < -0.4 is 0 Å². The van der Waals surface area contributed by atoms with E-state index in [2.05, 4.69) is 34.6 Å². The van der Waals surface area contributed by atoms with Gasteiger partial charge in [0, 0.05) is 12.3 Å². The van der Waals surface area contributed by atoms with Crippen LogP contribution in [0.5, 0.6) is 0 Å². The number of hydrogen-bond acceptors (Lipinski definition) is 9. The zero-order valence-corrected chi connectivity index (χ0v) is 27.7. The van der Waals surface area contributed by atoms with Crippen molar-refractivity contribution in [1.82, 2.24) is 0 Å². The third-order valence-corrected chi connectivity index (χ3v) is 15.7. The number of aliphatic hydroxyl groups excluding tert-OH is 4. The summed E-state index contributed by atoms with van der Waals surface area (Å²) < 4.78 is 25.9. The molecular weight excluding hydrogens is 564 g/mol. The molecule has 2 bridgehead atoms. The Balaban J connectivity index is 1.10. The molecule has 3 heterocycles. The van der Waals surface area contributed by atoms with Crippen LogP contribution in [-0.2, 0) is 18.9 Å². The molecule has 9 nitrogen and oxygen atoms in total. The summed E-state index contributed by atoms with van der Waals surface area (Å²) in [4.78, 5) is 0. The van der Waals surface area contributed by atoms with Crippen molar-refractivity contribution in [3.05, 3.63) is 0 Å². The molecule has 250 valence electrons. The highest BCUT2D eigenvalue weighted by Crippen LogP contribution is 2.90. The van der Waals surface area contributed by atoms with Crippen LogP contribution in [0.2, 0.25) is 0 Å². The van der Waals surface area contributed by atoms with E-state index in [0.29, 0.717) is 12.3 Å². The quantitative estimate of drug-likeness (QED) is 0.301. The minimum Gasteiger partial charge on any atom is -0.393 e. The normalized spacial score (nSPS) is 62.2. The van der Waals surface area contributed by atoms with Gasteiger partial charge in [-0.2, -0.15) is 0 Å². The van der Waals surface area contributed by atoms with E-state index in [9.17, 15) is 25.5 Å². The third-order valence-electron chi connectivity index (χ3n) is 15.7. The standard InChI is InChI=1S/C35H56O9/c1-17-12-20-27(30(4,5)40)44-35(43-20)15-32(7)26-18(36)13-21-29(2,3)22(42-28-24(39)23(38)19(37)14-41-28)8-9-33(21)16-34(26,33)11-10-31(32,6)25(17)35/h17-28,36-40H,8-16H2,1-7H3/t17-,18?,19?,20-,21?,22?,23?,24?,25?,26?,27?,28?,31?,32+,33?,34?,35-/m1/s1. The summed E-state index contributed by atoms with van der Waals surface area (Å²) in [5.41, 5.74) is -1.28. The molecule has 0 aromatic carbocycles. The highest BCUT2D eigenvalue weighted by Gasteiger charge is 2.87. The topological polar surface area (TPSA) is 138 Å². The zero-order chi connectivity index (χ0) is 31.6. The zero-order valence-electron chi connectivity index (χ0n) is 27.7. The van der Waals surface area contributed by atoms with E-state index in [-0.39, 0.29) is 69.7 Å². The van der Waals surface area contributed by atoms with E-state index < -0.39 is 42.1 Å². The lowest BCUT2D eigenvalue weighted by molar-refractivity contribution is -0.304. The first-order valence-electron chi connectivity index (χ1n) is 17.4. The van der Waals surface area contributed by atoms with Crippen molar-refractivity contribution in [3.63, 3.8) is 0 Å². The van der Waals surface area contributed by atoms with Gasteiger partial charge in [-0.3, -0.25) is 0 Å². The van der Waals surface area contributed by atoms with Gasteiger partial charge in [-0.05, 0) is 104 Å². The number of fused-ring (bicyclic) bond motifs is 4. The molecular formula is C35H56O9. The second-order valence-corrected chi connectivity index (χ2v) is 18.4. The minimum absolute atomic E-state index is 0.0465. The maximum absolute atomic E-state index is 12.4. The van der Waals surface area contributed by atoms with Gasteiger partial charge in [0.2, 0.25) is 0 Å². The van der Waals surface area contributed by atoms with Crippen molar-refractivity contribution in [3.8, 4) is 0 Å². The summed E-state index contributed by atoms with van der Waals surface area (Å²) in [6, 6.07) is 0. The van der Waals surface area contributed by atoms with Crippen LogP contribution in [-0.4, -0.2) is 92.5 Å². The summed E-state index contributed by atoms with van der Waals surface area (Å²) in [7, 11) is 0. The monoisotopic (exact) mass is 620 g/mol. The van der Waals surface area contributed by atoms with E-state index in [1.165, 1.54) is 0 Å². The molecule has 17 atom stereocenters. The summed E-state index contributed by atoms with van der Waals surface area (Å²) in [6.07, 6.45) is 1.70. The molecule has 5 saturated carbocycles. The number of aliphatic hydroxyl groups is 5. The molecule has 3 spiro atoms. The Morgan fingerprint density at radius 1 is 0.795 bits per heavy atom. The molecule has 13 unspecified atom stereocenters. The molecule has 8 aliphatic rings. The van der Waals surface area contributed by atoms with Crippen molar-refractivity contribution < 1.29 is 44.5 Å². The van der Waals surface area contributed by atoms with Crippen LogP contribution in [0.25, 0.3) is 0 Å². The van der Waals surface area contributed by atoms with E-state index in [0.717, 1.165) is 44.9 Å². The van der Waals surface area contributed by atoms with Gasteiger partial charge >= 0.3 is 0 Å². The van der Waals surface area contributed by atoms with Gasteiger partial charge < -0.3 is 44.5 Å². The van der Waals surface area contributed by atoms with E-state index in [4.69, 9.17) is 18.9 Å². The van der Waals surface area contributed by atoms with Gasteiger partial charge in [0.1, 0.15) is 24.4 Å². The molecule has 8 rings (SSSR count). The second kappa shape index (κ2) is 9.00. The van der Waals surface area contributed by atoms with Crippen molar-refractivity contribution in [2.45, 2.75) is 160 Å². The number of hydrogen-bond donors (Lipinski definition) is 5. The van der Waals surface area contributed by atoms with Crippen LogP contribution >= 0.6 is 0 Å². The molecule has 5 aliphatic carbocycles. The first-order chi connectivity index (χ1) is 20.4. The summed E-state index contributed by atoms with van der Waals surface area (Å²) >= 11 is 0. The van der Waals surface area contributed by atoms with Crippen molar-refractivity contribution in [1.29, 1.82) is 0 Å². The highest BCUT2D eigenvalue weighted by molar-refractivity contribution is 5.34. The fraction of sp³-hybridized carbons (Fsp3) is 1.00. The fourth-order valence-electron chi connectivity index (χ4n) is 14.0. The number of rotatable bonds is 3. The highest BCUT2D eigenvalue weighted by atomic mass is 16.8. The molecule has 0 amide bonds. The Morgan fingerprint density at radius 3 is 2.23 bits per heavy atom. The molecule has 9 heteroatoms. The summed E-state index contributed by atoms with van der Waals surface area (Å²) in [5.74, 6) is 0.319. The molecule has 0 radical (unpaired) electrons. The average molecular weight is 621 g/mol. The van der Waals surface area contributed by atoms with Gasteiger partial charge in [-0.1, -0.05) is 34.6 Å². The Labute approximate surface area is 262 Å². The lowest BCUT2D eigenvalue weighted by atomic mass is 9.41. The van der Waals surface area contributed by atoms with Gasteiger partial charge in [0.05, 0.1) is 30.5 Å². The predicted octanol–water partition coefficient (Wildman–Crippen LogP) is 3.12.